The summed E-state index contributed by atoms with van der Waals surface area (Å²) in [7, 11) is -4.43. The fourth-order valence-electron chi connectivity index (χ4n) is 3.10. The summed E-state index contributed by atoms with van der Waals surface area (Å²) in [6.07, 6.45) is 19.9. The van der Waals surface area contributed by atoms with Gasteiger partial charge in [0.2, 0.25) is 5.91 Å². The van der Waals surface area contributed by atoms with E-state index in [9.17, 15) is 9.36 Å². The van der Waals surface area contributed by atoms with Crippen LogP contribution >= 0.6 is 7.82 Å². The van der Waals surface area contributed by atoms with Crippen LogP contribution in [0, 0.1) is 0 Å². The van der Waals surface area contributed by atoms with Crippen LogP contribution in [-0.2, 0) is 13.9 Å². The molecule has 0 saturated carbocycles. The van der Waals surface area contributed by atoms with Crippen molar-refractivity contribution in [3.8, 4) is 0 Å². The number of hydrogen-bond acceptors (Lipinski definition) is 3. The van der Waals surface area contributed by atoms with Crippen molar-refractivity contribution in [3.63, 3.8) is 0 Å². The van der Waals surface area contributed by atoms with Gasteiger partial charge in [-0.25, -0.2) is 4.57 Å². The van der Waals surface area contributed by atoms with Crippen molar-refractivity contribution in [3.05, 3.63) is 0 Å². The average Bonchev–Trinajstić information content (AvgIpc) is 2.61. The van der Waals surface area contributed by atoms with Gasteiger partial charge >= 0.3 is 7.82 Å². The van der Waals surface area contributed by atoms with Crippen LogP contribution in [0.1, 0.15) is 110 Å². The Balaban J connectivity index is 3.18. The first-order valence-corrected chi connectivity index (χ1v) is 12.5. The highest BCUT2D eigenvalue weighted by atomic mass is 31.2. The predicted octanol–water partition coefficient (Wildman–Crippen LogP) is 5.47. The third kappa shape index (κ3) is 23.5. The molecular weight excluding hydrogens is 365 g/mol. The lowest BCUT2D eigenvalue weighted by Gasteiger charge is -2.07. The second kappa shape index (κ2) is 18.9. The monoisotopic (exact) mass is 407 g/mol. The van der Waals surface area contributed by atoms with Crippen molar-refractivity contribution in [2.45, 2.75) is 110 Å². The number of phosphoric acid groups is 1. The summed E-state index contributed by atoms with van der Waals surface area (Å²) in [6, 6.07) is 0. The Bertz CT molecular complexity index is 387. The van der Waals surface area contributed by atoms with Crippen molar-refractivity contribution < 1.29 is 23.7 Å². The lowest BCUT2D eigenvalue weighted by molar-refractivity contribution is -0.121. The molecular formula is C20H42NO5P. The number of unbranched alkanes of at least 4 members (excludes halogenated alkanes) is 14. The minimum absolute atomic E-state index is 0.0843. The molecule has 0 aromatic carbocycles. The zero-order valence-electron chi connectivity index (χ0n) is 17.3. The maximum Gasteiger partial charge on any atom is 0.469 e. The Labute approximate surface area is 166 Å². The molecule has 0 fully saturated rings. The molecule has 0 radical (unpaired) electrons. The Morgan fingerprint density at radius 1 is 0.778 bits per heavy atom. The van der Waals surface area contributed by atoms with Gasteiger partial charge in [0.15, 0.2) is 0 Å². The van der Waals surface area contributed by atoms with E-state index < -0.39 is 7.82 Å². The van der Waals surface area contributed by atoms with E-state index in [0.29, 0.717) is 6.42 Å². The van der Waals surface area contributed by atoms with Gasteiger partial charge in [-0.2, -0.15) is 0 Å². The largest absolute Gasteiger partial charge is 0.469 e. The van der Waals surface area contributed by atoms with E-state index in [-0.39, 0.29) is 19.1 Å². The number of carbonyl (C=O) groups is 1. The SMILES string of the molecule is CCCCCCCCCCCCCCCCCC(=O)NCCOP(=O)(O)O. The second-order valence-electron chi connectivity index (χ2n) is 7.37. The highest BCUT2D eigenvalue weighted by molar-refractivity contribution is 7.46. The number of nitrogens with one attached hydrogen (secondary N) is 1. The minimum Gasteiger partial charge on any atom is -0.354 e. The first-order chi connectivity index (χ1) is 13.0. The molecule has 0 aromatic rings. The third-order valence-corrected chi connectivity index (χ3v) is 5.21. The first-order valence-electron chi connectivity index (χ1n) is 10.9. The smallest absolute Gasteiger partial charge is 0.354 e. The number of carbonyl (C=O) groups excluding carboxylic acids is 1. The fraction of sp³-hybridized carbons (Fsp3) is 0.950. The molecule has 0 saturated heterocycles. The van der Waals surface area contributed by atoms with E-state index >= 15 is 0 Å². The number of phosphoric ester groups is 1. The zero-order chi connectivity index (χ0) is 20.2. The van der Waals surface area contributed by atoms with E-state index in [1.807, 2.05) is 0 Å². The summed E-state index contributed by atoms with van der Waals surface area (Å²) in [5.74, 6) is -0.0843. The predicted molar refractivity (Wildman–Crippen MR) is 111 cm³/mol. The molecule has 162 valence electrons. The molecule has 0 aliphatic rings. The van der Waals surface area contributed by atoms with E-state index in [1.54, 1.807) is 0 Å². The Kier molecular flexibility index (Phi) is 18.6. The lowest BCUT2D eigenvalue weighted by atomic mass is 10.0. The van der Waals surface area contributed by atoms with Crippen LogP contribution in [0.5, 0.6) is 0 Å². The lowest BCUT2D eigenvalue weighted by Crippen LogP contribution is -2.26. The van der Waals surface area contributed by atoms with Gasteiger partial charge in [-0.1, -0.05) is 96.8 Å². The van der Waals surface area contributed by atoms with Gasteiger partial charge in [0.1, 0.15) is 0 Å². The number of rotatable bonds is 20. The first kappa shape index (κ1) is 26.6. The molecule has 3 N–H and O–H groups in total. The molecule has 0 unspecified atom stereocenters. The highest BCUT2D eigenvalue weighted by Crippen LogP contribution is 2.35. The summed E-state index contributed by atoms with van der Waals surface area (Å²) < 4.78 is 14.7. The second-order valence-corrected chi connectivity index (χ2v) is 8.61. The van der Waals surface area contributed by atoms with Crippen molar-refractivity contribution in [2.24, 2.45) is 0 Å². The molecule has 0 heterocycles. The molecule has 6 nitrogen and oxygen atoms in total. The van der Waals surface area contributed by atoms with Crippen LogP contribution in [0.15, 0.2) is 0 Å². The topological polar surface area (TPSA) is 95.9 Å². The molecule has 0 spiro atoms. The van der Waals surface area contributed by atoms with Gasteiger partial charge in [0.25, 0.3) is 0 Å². The molecule has 7 heteroatoms. The standard InChI is InChI=1S/C20H42NO5P/c1-2-3-4-5-6-7-8-9-10-11-12-13-14-15-16-17-20(22)21-18-19-26-27(23,24)25/h2-19H2,1H3,(H,21,22)(H2,23,24,25). The van der Waals surface area contributed by atoms with Gasteiger partial charge in [0, 0.05) is 13.0 Å². The summed E-state index contributed by atoms with van der Waals surface area (Å²) in [5, 5.41) is 2.60. The zero-order valence-corrected chi connectivity index (χ0v) is 18.2. The quantitative estimate of drug-likeness (QED) is 0.184. The molecule has 0 aromatic heterocycles. The van der Waals surface area contributed by atoms with Crippen LogP contribution in [0.4, 0.5) is 0 Å². The normalized spacial score (nSPS) is 11.7. The van der Waals surface area contributed by atoms with Crippen LogP contribution in [0.25, 0.3) is 0 Å². The van der Waals surface area contributed by atoms with Crippen molar-refractivity contribution in [2.75, 3.05) is 13.2 Å². The number of amides is 1. The molecule has 27 heavy (non-hydrogen) atoms. The van der Waals surface area contributed by atoms with Gasteiger partial charge in [-0.15, -0.1) is 0 Å². The van der Waals surface area contributed by atoms with Gasteiger partial charge in [-0.05, 0) is 6.42 Å². The Hall–Kier alpha value is -0.420. The molecule has 0 aliphatic carbocycles. The fourth-order valence-corrected chi connectivity index (χ4v) is 3.43. The summed E-state index contributed by atoms with van der Waals surface area (Å²) >= 11 is 0. The highest BCUT2D eigenvalue weighted by Gasteiger charge is 2.12. The summed E-state index contributed by atoms with van der Waals surface area (Å²) in [4.78, 5) is 28.6. The molecule has 0 bridgehead atoms. The van der Waals surface area contributed by atoms with E-state index in [4.69, 9.17) is 9.79 Å². The Morgan fingerprint density at radius 3 is 1.59 bits per heavy atom. The van der Waals surface area contributed by atoms with Crippen LogP contribution in [0.2, 0.25) is 0 Å². The molecule has 0 aliphatic heterocycles. The van der Waals surface area contributed by atoms with Crippen LogP contribution in [0.3, 0.4) is 0 Å². The van der Waals surface area contributed by atoms with Crippen molar-refractivity contribution in [1.82, 2.24) is 5.32 Å². The Morgan fingerprint density at radius 2 is 1.19 bits per heavy atom. The molecule has 0 rings (SSSR count). The average molecular weight is 408 g/mol. The van der Waals surface area contributed by atoms with E-state index in [2.05, 4.69) is 16.8 Å². The maximum absolute atomic E-state index is 11.5. The van der Waals surface area contributed by atoms with E-state index in [1.165, 1.54) is 83.5 Å². The van der Waals surface area contributed by atoms with Crippen LogP contribution in [-0.4, -0.2) is 28.8 Å². The van der Waals surface area contributed by atoms with E-state index in [0.717, 1.165) is 12.8 Å². The number of hydrogen-bond donors (Lipinski definition) is 3. The van der Waals surface area contributed by atoms with Crippen LogP contribution < -0.4 is 5.32 Å². The van der Waals surface area contributed by atoms with Crippen molar-refractivity contribution >= 4 is 13.7 Å². The van der Waals surface area contributed by atoms with Gasteiger partial charge < -0.3 is 15.1 Å². The summed E-state index contributed by atoms with van der Waals surface area (Å²) in [5.41, 5.74) is 0. The van der Waals surface area contributed by atoms with Gasteiger partial charge in [0.05, 0.1) is 6.61 Å². The molecule has 1 amide bonds. The third-order valence-electron chi connectivity index (χ3n) is 4.69. The maximum atomic E-state index is 11.5. The summed E-state index contributed by atoms with van der Waals surface area (Å²) in [6.45, 7) is 2.21. The minimum atomic E-state index is -4.43. The van der Waals surface area contributed by atoms with Crippen molar-refractivity contribution in [1.29, 1.82) is 0 Å². The van der Waals surface area contributed by atoms with Gasteiger partial charge in [-0.3, -0.25) is 9.32 Å². The molecule has 0 atom stereocenters.